The van der Waals surface area contributed by atoms with Crippen molar-refractivity contribution in [2.24, 2.45) is 16.7 Å². The zero-order valence-electron chi connectivity index (χ0n) is 11.0. The Labute approximate surface area is 98.6 Å². The number of nitrogens with zero attached hydrogens (tertiary/aromatic N) is 1. The molecule has 0 aromatic rings. The van der Waals surface area contributed by atoms with E-state index in [2.05, 4.69) is 37.9 Å². The van der Waals surface area contributed by atoms with Crippen LogP contribution in [0.15, 0.2) is 0 Å². The molecule has 1 unspecified atom stereocenters. The second-order valence-corrected chi connectivity index (χ2v) is 6.70. The van der Waals surface area contributed by atoms with E-state index in [4.69, 9.17) is 0 Å². The summed E-state index contributed by atoms with van der Waals surface area (Å²) >= 11 is 0. The highest BCUT2D eigenvalue weighted by atomic mass is 16.2. The average molecular weight is 224 g/mol. The minimum atomic E-state index is 0.0741. The summed E-state index contributed by atoms with van der Waals surface area (Å²) in [5, 5.41) is 3.32. The lowest BCUT2D eigenvalue weighted by Crippen LogP contribution is -2.55. The highest BCUT2D eigenvalue weighted by molar-refractivity contribution is 5.79. The van der Waals surface area contributed by atoms with E-state index >= 15 is 0 Å². The van der Waals surface area contributed by atoms with Gasteiger partial charge in [0.15, 0.2) is 0 Å². The summed E-state index contributed by atoms with van der Waals surface area (Å²) in [5.74, 6) is 0.465. The van der Waals surface area contributed by atoms with Crippen molar-refractivity contribution < 1.29 is 4.79 Å². The third-order valence-electron chi connectivity index (χ3n) is 4.42. The molecular formula is C13H24N2O. The molecule has 2 rings (SSSR count). The van der Waals surface area contributed by atoms with Crippen LogP contribution >= 0.6 is 0 Å². The van der Waals surface area contributed by atoms with Crippen molar-refractivity contribution in [2.75, 3.05) is 26.2 Å². The van der Waals surface area contributed by atoms with Crippen molar-refractivity contribution in [1.82, 2.24) is 10.2 Å². The van der Waals surface area contributed by atoms with E-state index < -0.39 is 0 Å². The minimum absolute atomic E-state index is 0.0741. The van der Waals surface area contributed by atoms with Gasteiger partial charge in [-0.25, -0.2) is 0 Å². The predicted molar refractivity (Wildman–Crippen MR) is 65.1 cm³/mol. The first-order chi connectivity index (χ1) is 7.34. The Morgan fingerprint density at radius 3 is 2.38 bits per heavy atom. The van der Waals surface area contributed by atoms with Gasteiger partial charge in [0.05, 0.1) is 0 Å². The summed E-state index contributed by atoms with van der Waals surface area (Å²) in [6, 6.07) is 0. The zero-order chi connectivity index (χ0) is 12.0. The number of amides is 1. The predicted octanol–water partition coefficient (Wildman–Crippen LogP) is 1.49. The van der Waals surface area contributed by atoms with Crippen LogP contribution in [0.2, 0.25) is 0 Å². The number of carbonyl (C=O) groups is 1. The zero-order valence-corrected chi connectivity index (χ0v) is 11.0. The molecule has 0 bridgehead atoms. The third kappa shape index (κ3) is 1.97. The van der Waals surface area contributed by atoms with Crippen molar-refractivity contribution in [3.63, 3.8) is 0 Å². The Balaban J connectivity index is 1.96. The maximum atomic E-state index is 12.3. The molecule has 1 N–H and O–H groups in total. The van der Waals surface area contributed by atoms with E-state index in [-0.39, 0.29) is 11.3 Å². The fourth-order valence-electron chi connectivity index (χ4n) is 2.53. The summed E-state index contributed by atoms with van der Waals surface area (Å²) < 4.78 is 0. The van der Waals surface area contributed by atoms with Gasteiger partial charge >= 0.3 is 0 Å². The molecule has 3 nitrogen and oxygen atoms in total. The van der Waals surface area contributed by atoms with E-state index in [1.165, 1.54) is 6.42 Å². The highest BCUT2D eigenvalue weighted by Crippen LogP contribution is 2.36. The number of carbonyl (C=O) groups excluding carboxylic acids is 1. The van der Waals surface area contributed by atoms with E-state index in [0.717, 1.165) is 26.2 Å². The number of hydrogen-bond donors (Lipinski definition) is 1. The van der Waals surface area contributed by atoms with Crippen molar-refractivity contribution in [1.29, 1.82) is 0 Å². The van der Waals surface area contributed by atoms with E-state index in [0.29, 0.717) is 11.3 Å². The molecule has 16 heavy (non-hydrogen) atoms. The standard InChI is InChI=1S/C13H24N2O/c1-10(12(2,3)4)11(16)15-6-5-13(9-15)7-14-8-13/h10,14H,5-9H2,1-4H3. The quantitative estimate of drug-likeness (QED) is 0.732. The Kier molecular flexibility index (Phi) is 2.77. The fourth-order valence-corrected chi connectivity index (χ4v) is 2.53. The molecule has 3 heteroatoms. The second-order valence-electron chi connectivity index (χ2n) is 6.70. The summed E-state index contributed by atoms with van der Waals surface area (Å²) in [6.07, 6.45) is 1.18. The molecule has 2 aliphatic heterocycles. The summed E-state index contributed by atoms with van der Waals surface area (Å²) in [4.78, 5) is 14.4. The van der Waals surface area contributed by atoms with Gasteiger partial charge in [0.25, 0.3) is 0 Å². The van der Waals surface area contributed by atoms with Crippen molar-refractivity contribution >= 4 is 5.91 Å². The fraction of sp³-hybridized carbons (Fsp3) is 0.923. The molecule has 0 aromatic heterocycles. The lowest BCUT2D eigenvalue weighted by atomic mass is 9.80. The number of hydrogen-bond acceptors (Lipinski definition) is 2. The molecule has 2 heterocycles. The first-order valence-corrected chi connectivity index (χ1v) is 6.34. The van der Waals surface area contributed by atoms with Crippen LogP contribution in [-0.2, 0) is 4.79 Å². The second kappa shape index (κ2) is 3.73. The van der Waals surface area contributed by atoms with Gasteiger partial charge in [0.2, 0.25) is 5.91 Å². The Morgan fingerprint density at radius 1 is 1.38 bits per heavy atom. The van der Waals surface area contributed by atoms with Gasteiger partial charge in [-0.05, 0) is 11.8 Å². The minimum Gasteiger partial charge on any atom is -0.342 e. The first kappa shape index (κ1) is 11.9. The molecule has 92 valence electrons. The SMILES string of the molecule is CC(C(=O)N1CCC2(CNC2)C1)C(C)(C)C. The van der Waals surface area contributed by atoms with Crippen molar-refractivity contribution in [3.8, 4) is 0 Å². The molecule has 1 spiro atoms. The molecular weight excluding hydrogens is 200 g/mol. The van der Waals surface area contributed by atoms with Crippen LogP contribution in [0.5, 0.6) is 0 Å². The van der Waals surface area contributed by atoms with Gasteiger partial charge < -0.3 is 10.2 Å². The summed E-state index contributed by atoms with van der Waals surface area (Å²) in [5.41, 5.74) is 0.498. The molecule has 0 saturated carbocycles. The largest absolute Gasteiger partial charge is 0.342 e. The Bertz CT molecular complexity index is 289. The summed E-state index contributed by atoms with van der Waals surface area (Å²) in [7, 11) is 0. The molecule has 1 atom stereocenters. The van der Waals surface area contributed by atoms with Gasteiger partial charge in [-0.15, -0.1) is 0 Å². The topological polar surface area (TPSA) is 32.3 Å². The monoisotopic (exact) mass is 224 g/mol. The lowest BCUT2D eigenvalue weighted by molar-refractivity contribution is -0.137. The molecule has 0 radical (unpaired) electrons. The molecule has 0 aliphatic carbocycles. The van der Waals surface area contributed by atoms with Crippen molar-refractivity contribution in [2.45, 2.75) is 34.1 Å². The van der Waals surface area contributed by atoms with E-state index in [9.17, 15) is 4.79 Å². The van der Waals surface area contributed by atoms with Crippen LogP contribution in [0, 0.1) is 16.7 Å². The normalized spacial score (nSPS) is 25.6. The third-order valence-corrected chi connectivity index (χ3v) is 4.42. The van der Waals surface area contributed by atoms with E-state index in [1.54, 1.807) is 0 Å². The van der Waals surface area contributed by atoms with Crippen LogP contribution in [-0.4, -0.2) is 37.0 Å². The number of nitrogens with one attached hydrogen (secondary N) is 1. The summed E-state index contributed by atoms with van der Waals surface area (Å²) in [6.45, 7) is 12.6. The molecule has 2 aliphatic rings. The van der Waals surface area contributed by atoms with Crippen LogP contribution in [0.3, 0.4) is 0 Å². The molecule has 0 aromatic carbocycles. The van der Waals surface area contributed by atoms with Gasteiger partial charge in [0, 0.05) is 37.5 Å². The van der Waals surface area contributed by atoms with Gasteiger partial charge in [-0.3, -0.25) is 4.79 Å². The lowest BCUT2D eigenvalue weighted by Gasteiger charge is -2.39. The molecule has 2 saturated heterocycles. The molecule has 1 amide bonds. The van der Waals surface area contributed by atoms with Crippen LogP contribution in [0.4, 0.5) is 0 Å². The first-order valence-electron chi connectivity index (χ1n) is 6.34. The number of rotatable bonds is 1. The molecule has 2 fully saturated rings. The van der Waals surface area contributed by atoms with E-state index in [1.807, 2.05) is 0 Å². The van der Waals surface area contributed by atoms with Crippen LogP contribution in [0.25, 0.3) is 0 Å². The maximum absolute atomic E-state index is 12.3. The Hall–Kier alpha value is -0.570. The van der Waals surface area contributed by atoms with Gasteiger partial charge in [-0.2, -0.15) is 0 Å². The van der Waals surface area contributed by atoms with Crippen LogP contribution in [0.1, 0.15) is 34.1 Å². The number of likely N-dealkylation sites (tertiary alicyclic amines) is 1. The van der Waals surface area contributed by atoms with Gasteiger partial charge in [-0.1, -0.05) is 27.7 Å². The smallest absolute Gasteiger partial charge is 0.225 e. The van der Waals surface area contributed by atoms with Crippen molar-refractivity contribution in [3.05, 3.63) is 0 Å². The maximum Gasteiger partial charge on any atom is 0.225 e. The Morgan fingerprint density at radius 2 is 2.00 bits per heavy atom. The highest BCUT2D eigenvalue weighted by Gasteiger charge is 2.45. The van der Waals surface area contributed by atoms with Gasteiger partial charge in [0.1, 0.15) is 0 Å². The average Bonchev–Trinajstić information content (AvgIpc) is 2.58. The van der Waals surface area contributed by atoms with Crippen LogP contribution < -0.4 is 5.32 Å².